The molecule has 0 atom stereocenters. The van der Waals surface area contributed by atoms with E-state index in [1.807, 2.05) is 7.11 Å². The Morgan fingerprint density at radius 1 is 0.769 bits per heavy atom. The Labute approximate surface area is 165 Å². The van der Waals surface area contributed by atoms with E-state index >= 15 is 0 Å². The molecule has 0 aromatic rings. The number of unbranched alkanes of at least 4 members (excludes halogenated alkanes) is 5. The highest BCUT2D eigenvalue weighted by Crippen LogP contribution is 2.16. The van der Waals surface area contributed by atoms with Crippen molar-refractivity contribution in [3.63, 3.8) is 0 Å². The lowest BCUT2D eigenvalue weighted by Crippen LogP contribution is -2.48. The Morgan fingerprint density at radius 2 is 1.27 bits per heavy atom. The molecule has 0 bridgehead atoms. The first-order chi connectivity index (χ1) is 12.5. The van der Waals surface area contributed by atoms with Crippen LogP contribution < -0.4 is 0 Å². The van der Waals surface area contributed by atoms with Crippen LogP contribution in [0.15, 0.2) is 0 Å². The summed E-state index contributed by atoms with van der Waals surface area (Å²) < 4.78 is 5.62. The molecule has 0 unspecified atom stereocenters. The van der Waals surface area contributed by atoms with Gasteiger partial charge in [0, 0.05) is 46.4 Å². The van der Waals surface area contributed by atoms with E-state index in [1.54, 1.807) is 0 Å². The molecule has 156 valence electrons. The molecule has 0 amide bonds. The van der Waals surface area contributed by atoms with Crippen molar-refractivity contribution < 1.29 is 4.43 Å². The summed E-state index contributed by atoms with van der Waals surface area (Å²) in [5.41, 5.74) is 0. The molecule has 1 aliphatic heterocycles. The minimum absolute atomic E-state index is 1.18. The first kappa shape index (κ1) is 24.1. The average molecular weight is 386 g/mol. The number of piperazine rings is 1. The van der Waals surface area contributed by atoms with E-state index in [9.17, 15) is 0 Å². The molecule has 26 heavy (non-hydrogen) atoms. The minimum atomic E-state index is -1.31. The SMILES string of the molecule is CCN(CC)CCN1CCN(CCCCCCCC[Si](C)(C)OC)CC1. The van der Waals surface area contributed by atoms with Gasteiger partial charge in [-0.05, 0) is 45.2 Å². The van der Waals surface area contributed by atoms with Gasteiger partial charge < -0.3 is 14.2 Å². The molecule has 1 aliphatic rings. The second kappa shape index (κ2) is 14.1. The lowest BCUT2D eigenvalue weighted by atomic mass is 10.1. The van der Waals surface area contributed by atoms with Crippen LogP contribution in [0.25, 0.3) is 0 Å². The predicted molar refractivity (Wildman–Crippen MR) is 118 cm³/mol. The van der Waals surface area contributed by atoms with Crippen LogP contribution in [0, 0.1) is 0 Å². The quantitative estimate of drug-likeness (QED) is 0.311. The van der Waals surface area contributed by atoms with Gasteiger partial charge in [0.1, 0.15) is 0 Å². The third-order valence-electron chi connectivity index (χ3n) is 6.15. The van der Waals surface area contributed by atoms with E-state index in [0.717, 1.165) is 0 Å². The van der Waals surface area contributed by atoms with Gasteiger partial charge in [-0.25, -0.2) is 0 Å². The molecule has 1 saturated heterocycles. The van der Waals surface area contributed by atoms with Crippen molar-refractivity contribution in [2.75, 3.05) is 66.0 Å². The van der Waals surface area contributed by atoms with Gasteiger partial charge >= 0.3 is 0 Å². The van der Waals surface area contributed by atoms with E-state index in [2.05, 4.69) is 41.6 Å². The number of nitrogens with zero attached hydrogens (tertiary/aromatic N) is 3. The van der Waals surface area contributed by atoms with Crippen molar-refractivity contribution in [3.05, 3.63) is 0 Å². The predicted octanol–water partition coefficient (Wildman–Crippen LogP) is 4.14. The highest BCUT2D eigenvalue weighted by Gasteiger charge is 2.19. The molecule has 1 rings (SSSR count). The van der Waals surface area contributed by atoms with Crippen LogP contribution in [0.2, 0.25) is 19.1 Å². The Bertz CT molecular complexity index is 329. The molecule has 0 radical (unpaired) electrons. The maximum Gasteiger partial charge on any atom is 0.186 e. The summed E-state index contributed by atoms with van der Waals surface area (Å²) in [7, 11) is 0.575. The van der Waals surface area contributed by atoms with Crippen LogP contribution in [-0.2, 0) is 4.43 Å². The fourth-order valence-electron chi connectivity index (χ4n) is 3.75. The van der Waals surface area contributed by atoms with Crippen LogP contribution >= 0.6 is 0 Å². The largest absolute Gasteiger partial charge is 0.420 e. The van der Waals surface area contributed by atoms with Crippen LogP contribution in [-0.4, -0.2) is 89.0 Å². The molecule has 0 saturated carbocycles. The maximum atomic E-state index is 5.62. The molecule has 5 heteroatoms. The molecule has 0 aromatic carbocycles. The number of hydrogen-bond donors (Lipinski definition) is 0. The van der Waals surface area contributed by atoms with Crippen LogP contribution in [0.3, 0.4) is 0 Å². The van der Waals surface area contributed by atoms with Gasteiger partial charge in [-0.1, -0.05) is 46.0 Å². The van der Waals surface area contributed by atoms with Crippen LogP contribution in [0.4, 0.5) is 0 Å². The highest BCUT2D eigenvalue weighted by atomic mass is 28.4. The molecule has 0 aliphatic carbocycles. The van der Waals surface area contributed by atoms with Crippen molar-refractivity contribution in [2.45, 2.75) is 71.5 Å². The zero-order valence-corrected chi connectivity index (χ0v) is 19.6. The Morgan fingerprint density at radius 3 is 1.81 bits per heavy atom. The fraction of sp³-hybridized carbons (Fsp3) is 1.00. The van der Waals surface area contributed by atoms with Gasteiger partial charge in [-0.2, -0.15) is 0 Å². The lowest BCUT2D eigenvalue weighted by Gasteiger charge is -2.35. The van der Waals surface area contributed by atoms with E-state index in [4.69, 9.17) is 4.43 Å². The average Bonchev–Trinajstić information content (AvgIpc) is 2.65. The molecule has 4 nitrogen and oxygen atoms in total. The number of hydrogen-bond acceptors (Lipinski definition) is 4. The molecule has 0 N–H and O–H groups in total. The molecular weight excluding hydrogens is 338 g/mol. The van der Waals surface area contributed by atoms with Crippen molar-refractivity contribution >= 4 is 8.32 Å². The first-order valence-corrected chi connectivity index (χ1v) is 14.3. The highest BCUT2D eigenvalue weighted by molar-refractivity contribution is 6.71. The van der Waals surface area contributed by atoms with Gasteiger partial charge in [0.15, 0.2) is 8.32 Å². The summed E-state index contributed by atoms with van der Waals surface area (Å²) in [6, 6.07) is 1.32. The smallest absolute Gasteiger partial charge is 0.186 e. The Hall–Kier alpha value is 0.0569. The van der Waals surface area contributed by atoms with Gasteiger partial charge in [-0.15, -0.1) is 0 Å². The Kier molecular flexibility index (Phi) is 13.1. The zero-order valence-electron chi connectivity index (χ0n) is 18.6. The van der Waals surface area contributed by atoms with Crippen LogP contribution in [0.5, 0.6) is 0 Å². The summed E-state index contributed by atoms with van der Waals surface area (Å²) in [6.45, 7) is 20.4. The second-order valence-electron chi connectivity index (χ2n) is 8.55. The van der Waals surface area contributed by atoms with Crippen molar-refractivity contribution in [2.24, 2.45) is 0 Å². The summed E-state index contributed by atoms with van der Waals surface area (Å²) in [4.78, 5) is 7.87. The van der Waals surface area contributed by atoms with Crippen LogP contribution in [0.1, 0.15) is 52.4 Å². The molecule has 0 aromatic heterocycles. The summed E-state index contributed by atoms with van der Waals surface area (Å²) in [5, 5.41) is 0. The number of rotatable bonds is 15. The van der Waals surface area contributed by atoms with Crippen molar-refractivity contribution in [3.8, 4) is 0 Å². The number of likely N-dealkylation sites (N-methyl/N-ethyl adjacent to an activating group) is 1. The third kappa shape index (κ3) is 11.0. The Balaban J connectivity index is 1.94. The second-order valence-corrected chi connectivity index (χ2v) is 13.0. The fourth-order valence-corrected chi connectivity index (χ4v) is 5.06. The standard InChI is InChI=1S/C21H47N3OSi/c1-6-22(7-2)15-16-24-19-17-23(18-20-24)14-12-10-8-9-11-13-21-26(4,5)25-3/h6-21H2,1-5H3. The molecule has 0 spiro atoms. The van der Waals surface area contributed by atoms with Crippen molar-refractivity contribution in [1.29, 1.82) is 0 Å². The van der Waals surface area contributed by atoms with Crippen molar-refractivity contribution in [1.82, 2.24) is 14.7 Å². The molecular formula is C21H47N3OSi. The van der Waals surface area contributed by atoms with E-state index in [1.165, 1.54) is 103 Å². The van der Waals surface area contributed by atoms with Gasteiger partial charge in [0.05, 0.1) is 0 Å². The normalized spacial score (nSPS) is 17.3. The van der Waals surface area contributed by atoms with Gasteiger partial charge in [0.25, 0.3) is 0 Å². The van der Waals surface area contributed by atoms with E-state index < -0.39 is 8.32 Å². The molecule has 1 fully saturated rings. The maximum absolute atomic E-state index is 5.62. The van der Waals surface area contributed by atoms with Gasteiger partial charge in [0.2, 0.25) is 0 Å². The van der Waals surface area contributed by atoms with E-state index in [-0.39, 0.29) is 0 Å². The third-order valence-corrected chi connectivity index (χ3v) is 8.81. The lowest BCUT2D eigenvalue weighted by molar-refractivity contribution is 0.119. The molecule has 1 heterocycles. The summed E-state index contributed by atoms with van der Waals surface area (Å²) in [5.74, 6) is 0. The summed E-state index contributed by atoms with van der Waals surface area (Å²) >= 11 is 0. The van der Waals surface area contributed by atoms with E-state index in [0.29, 0.717) is 0 Å². The minimum Gasteiger partial charge on any atom is -0.420 e. The first-order valence-electron chi connectivity index (χ1n) is 11.2. The summed E-state index contributed by atoms with van der Waals surface area (Å²) in [6.07, 6.45) is 8.38. The zero-order chi connectivity index (χ0) is 19.3. The monoisotopic (exact) mass is 385 g/mol. The topological polar surface area (TPSA) is 19.0 Å². The van der Waals surface area contributed by atoms with Gasteiger partial charge in [-0.3, -0.25) is 4.90 Å².